The molecule has 0 aliphatic heterocycles. The van der Waals surface area contributed by atoms with Crippen LogP contribution in [0.25, 0.3) is 5.95 Å². The van der Waals surface area contributed by atoms with Gasteiger partial charge in [0.2, 0.25) is 5.95 Å². The second-order valence-corrected chi connectivity index (χ2v) is 7.34. The first-order valence-corrected chi connectivity index (χ1v) is 9.89. The molecule has 3 N–H and O–H groups in total. The topological polar surface area (TPSA) is 127 Å². The zero-order valence-corrected chi connectivity index (χ0v) is 18.6. The molecule has 0 fully saturated rings. The van der Waals surface area contributed by atoms with Gasteiger partial charge < -0.3 is 10.1 Å². The van der Waals surface area contributed by atoms with Gasteiger partial charge in [0, 0.05) is 17.4 Å². The summed E-state index contributed by atoms with van der Waals surface area (Å²) in [6.45, 7) is 1.68. The van der Waals surface area contributed by atoms with E-state index in [9.17, 15) is 14.4 Å². The fraction of sp³-hybridized carbons (Fsp3) is 0.105. The van der Waals surface area contributed by atoms with Crippen LogP contribution < -0.4 is 16.2 Å². The Labute approximate surface area is 190 Å². The average Bonchev–Trinajstić information content (AvgIpc) is 3.15. The lowest BCUT2D eigenvalue weighted by molar-refractivity contribution is 0.0921. The van der Waals surface area contributed by atoms with Crippen LogP contribution in [0.2, 0.25) is 5.02 Å². The Morgan fingerprint density at radius 1 is 1.10 bits per heavy atom. The smallest absolute Gasteiger partial charge is 0.425 e. The largest absolute Gasteiger partial charge is 0.452 e. The van der Waals surface area contributed by atoms with E-state index >= 15 is 0 Å². The molecule has 1 aromatic carbocycles. The van der Waals surface area contributed by atoms with E-state index in [-0.39, 0.29) is 27.9 Å². The zero-order chi connectivity index (χ0) is 22.5. The summed E-state index contributed by atoms with van der Waals surface area (Å²) >= 11 is 9.47. The van der Waals surface area contributed by atoms with E-state index in [0.717, 1.165) is 7.11 Å². The lowest BCUT2D eigenvalue weighted by Gasteiger charge is -2.16. The fourth-order valence-corrected chi connectivity index (χ4v) is 3.45. The lowest BCUT2D eigenvalue weighted by atomic mass is 10.1. The van der Waals surface area contributed by atoms with Gasteiger partial charge in [0.05, 0.1) is 23.0 Å². The van der Waals surface area contributed by atoms with E-state index in [0.29, 0.717) is 10.2 Å². The number of hydrogen-bond acceptors (Lipinski definition) is 6. The first-order valence-electron chi connectivity index (χ1n) is 8.72. The van der Waals surface area contributed by atoms with Gasteiger partial charge >= 0.3 is 6.09 Å². The number of rotatable bonds is 4. The predicted molar refractivity (Wildman–Crippen MR) is 116 cm³/mol. The Morgan fingerprint density at radius 2 is 1.81 bits per heavy atom. The quantitative estimate of drug-likeness (QED) is 0.465. The number of ether oxygens (including phenoxy) is 1. The Bertz CT molecular complexity index is 1150. The molecule has 0 unspecified atom stereocenters. The van der Waals surface area contributed by atoms with E-state index in [1.54, 1.807) is 43.6 Å². The molecule has 160 valence electrons. The number of halogens is 2. The molecule has 31 heavy (non-hydrogen) atoms. The first kappa shape index (κ1) is 22.2. The van der Waals surface area contributed by atoms with Gasteiger partial charge in [-0.25, -0.2) is 20.2 Å². The summed E-state index contributed by atoms with van der Waals surface area (Å²) in [7, 11) is 1.15. The zero-order valence-electron chi connectivity index (χ0n) is 16.3. The molecule has 0 aliphatic rings. The van der Waals surface area contributed by atoms with Crippen LogP contribution in [0.15, 0.2) is 47.3 Å². The highest BCUT2D eigenvalue weighted by Gasteiger charge is 2.22. The standard InChI is InChI=1S/C19H16BrClN6O4/c1-10-8-11(21)9-12(16(28)25-26-19(30)31-2)15(10)24-17(29)13-4-5-14(20)27(13)18-22-6-3-7-23-18/h3-9H,1-2H3,(H,24,29)(H,25,28)(H,26,30). The summed E-state index contributed by atoms with van der Waals surface area (Å²) in [5.74, 6) is -0.926. The van der Waals surface area contributed by atoms with Gasteiger partial charge in [0.1, 0.15) is 5.69 Å². The van der Waals surface area contributed by atoms with E-state index in [1.165, 1.54) is 10.6 Å². The summed E-state index contributed by atoms with van der Waals surface area (Å²) in [5, 5.41) is 3.01. The lowest BCUT2D eigenvalue weighted by Crippen LogP contribution is -2.41. The average molecular weight is 508 g/mol. The number of aromatic nitrogens is 3. The number of amides is 3. The Kier molecular flexibility index (Phi) is 6.88. The van der Waals surface area contributed by atoms with Crippen molar-refractivity contribution < 1.29 is 19.1 Å². The van der Waals surface area contributed by atoms with E-state index in [1.807, 2.05) is 0 Å². The van der Waals surface area contributed by atoms with Gasteiger partial charge in [-0.1, -0.05) is 11.6 Å². The molecule has 10 nitrogen and oxygen atoms in total. The normalized spacial score (nSPS) is 10.3. The van der Waals surface area contributed by atoms with Crippen LogP contribution in [0.4, 0.5) is 10.5 Å². The Balaban J connectivity index is 1.94. The molecule has 2 heterocycles. The van der Waals surface area contributed by atoms with Crippen molar-refractivity contribution in [1.82, 2.24) is 25.4 Å². The fourth-order valence-electron chi connectivity index (χ4n) is 2.69. The number of anilines is 1. The number of carbonyl (C=O) groups excluding carboxylic acids is 3. The monoisotopic (exact) mass is 506 g/mol. The third kappa shape index (κ3) is 5.01. The third-order valence-electron chi connectivity index (χ3n) is 4.06. The number of benzene rings is 1. The molecule has 12 heteroatoms. The molecule has 2 aromatic heterocycles. The predicted octanol–water partition coefficient (Wildman–Crippen LogP) is 3.24. The number of carbonyl (C=O) groups is 3. The van der Waals surface area contributed by atoms with E-state index < -0.39 is 17.9 Å². The molecular weight excluding hydrogens is 492 g/mol. The summed E-state index contributed by atoms with van der Waals surface area (Å²) in [6, 6.07) is 7.88. The number of aryl methyl sites for hydroxylation is 1. The molecule has 0 radical (unpaired) electrons. The van der Waals surface area contributed by atoms with E-state index in [2.05, 4.69) is 46.8 Å². The van der Waals surface area contributed by atoms with Crippen molar-refractivity contribution in [3.05, 3.63) is 69.2 Å². The first-order chi connectivity index (χ1) is 14.8. The molecule has 3 rings (SSSR count). The van der Waals surface area contributed by atoms with Crippen LogP contribution in [0.1, 0.15) is 26.4 Å². The van der Waals surface area contributed by atoms with Gasteiger partial charge in [-0.15, -0.1) is 0 Å². The van der Waals surface area contributed by atoms with Gasteiger partial charge in [-0.3, -0.25) is 19.6 Å². The van der Waals surface area contributed by atoms with Crippen molar-refractivity contribution >= 4 is 51.1 Å². The summed E-state index contributed by atoms with van der Waals surface area (Å²) < 4.78 is 6.49. The maximum atomic E-state index is 13.1. The van der Waals surface area contributed by atoms with Crippen molar-refractivity contribution in [1.29, 1.82) is 0 Å². The van der Waals surface area contributed by atoms with Crippen LogP contribution in [0.5, 0.6) is 0 Å². The van der Waals surface area contributed by atoms with Gasteiger partial charge in [0.15, 0.2) is 0 Å². The minimum absolute atomic E-state index is 0.0443. The van der Waals surface area contributed by atoms with Crippen molar-refractivity contribution in [2.45, 2.75) is 6.92 Å². The molecular formula is C19H16BrClN6O4. The van der Waals surface area contributed by atoms with Crippen LogP contribution >= 0.6 is 27.5 Å². The van der Waals surface area contributed by atoms with Crippen LogP contribution in [-0.4, -0.2) is 39.6 Å². The van der Waals surface area contributed by atoms with Crippen LogP contribution in [-0.2, 0) is 4.74 Å². The van der Waals surface area contributed by atoms with Gasteiger partial charge in [-0.05, 0) is 58.7 Å². The summed E-state index contributed by atoms with van der Waals surface area (Å²) in [6.07, 6.45) is 2.25. The second kappa shape index (κ2) is 9.58. The van der Waals surface area contributed by atoms with Gasteiger partial charge in [0.25, 0.3) is 11.8 Å². The highest BCUT2D eigenvalue weighted by molar-refractivity contribution is 9.10. The summed E-state index contributed by atoms with van der Waals surface area (Å²) in [5.41, 5.74) is 5.30. The third-order valence-corrected chi connectivity index (χ3v) is 4.90. The molecule has 0 saturated heterocycles. The summed E-state index contributed by atoms with van der Waals surface area (Å²) in [4.78, 5) is 45.2. The minimum atomic E-state index is -0.858. The SMILES string of the molecule is COC(=O)NNC(=O)c1cc(Cl)cc(C)c1NC(=O)c1ccc(Br)n1-c1ncccn1. The molecule has 3 amide bonds. The number of methoxy groups -OCH3 is 1. The second-order valence-electron chi connectivity index (χ2n) is 6.10. The highest BCUT2D eigenvalue weighted by Crippen LogP contribution is 2.27. The maximum Gasteiger partial charge on any atom is 0.425 e. The van der Waals surface area contributed by atoms with Crippen molar-refractivity contribution in [2.75, 3.05) is 12.4 Å². The molecule has 3 aromatic rings. The van der Waals surface area contributed by atoms with E-state index in [4.69, 9.17) is 11.6 Å². The Hall–Kier alpha value is -3.44. The Morgan fingerprint density at radius 3 is 2.48 bits per heavy atom. The molecule has 0 spiro atoms. The van der Waals surface area contributed by atoms with Crippen molar-refractivity contribution in [3.63, 3.8) is 0 Å². The van der Waals surface area contributed by atoms with Gasteiger partial charge in [-0.2, -0.15) is 0 Å². The number of hydrazine groups is 1. The number of hydrogen-bond donors (Lipinski definition) is 3. The number of nitrogens with zero attached hydrogens (tertiary/aromatic N) is 3. The number of nitrogens with one attached hydrogen (secondary N) is 3. The maximum absolute atomic E-state index is 13.1. The molecule has 0 bridgehead atoms. The molecule has 0 atom stereocenters. The van der Waals surface area contributed by atoms with Crippen molar-refractivity contribution in [2.24, 2.45) is 0 Å². The van der Waals surface area contributed by atoms with Crippen molar-refractivity contribution in [3.8, 4) is 5.95 Å². The van der Waals surface area contributed by atoms with Crippen LogP contribution in [0, 0.1) is 6.92 Å². The minimum Gasteiger partial charge on any atom is -0.452 e. The highest BCUT2D eigenvalue weighted by atomic mass is 79.9. The molecule has 0 aliphatic carbocycles. The molecule has 0 saturated carbocycles. The van der Waals surface area contributed by atoms with Crippen LogP contribution in [0.3, 0.4) is 0 Å².